The highest BCUT2D eigenvalue weighted by molar-refractivity contribution is 5.16. The fourth-order valence-electron chi connectivity index (χ4n) is 20.4. The summed E-state index contributed by atoms with van der Waals surface area (Å²) in [6.45, 7) is 4.98. The fourth-order valence-corrected chi connectivity index (χ4v) is 20.4. The summed E-state index contributed by atoms with van der Waals surface area (Å²) in [7, 11) is 1.69. The lowest BCUT2D eigenvalue weighted by Crippen LogP contribution is -2.69. The molecule has 38 nitrogen and oxygen atoms in total. The zero-order chi connectivity index (χ0) is 78.2. The molecule has 1 unspecified atom stereocenters. The van der Waals surface area contributed by atoms with Gasteiger partial charge in [0.05, 0.1) is 64.6 Å². The Labute approximate surface area is 623 Å². The molecule has 8 saturated heterocycles. The van der Waals surface area contributed by atoms with Crippen LogP contribution in [0.2, 0.25) is 0 Å². The number of aliphatic hydroxyl groups is 22. The van der Waals surface area contributed by atoms with Gasteiger partial charge in [-0.3, -0.25) is 0 Å². The number of aliphatic hydroxyl groups excluding tert-OH is 22. The lowest BCUT2D eigenvalue weighted by molar-refractivity contribution is -0.414. The molecule has 47 atom stereocenters. The van der Waals surface area contributed by atoms with Gasteiger partial charge in [-0.2, -0.15) is 0 Å². The predicted molar refractivity (Wildman–Crippen MR) is 353 cm³/mol. The first-order valence-electron chi connectivity index (χ1n) is 38.2. The summed E-state index contributed by atoms with van der Waals surface area (Å²) in [5, 5.41) is 241. The van der Waals surface area contributed by atoms with Crippen LogP contribution in [0.25, 0.3) is 0 Å². The van der Waals surface area contributed by atoms with E-state index >= 15 is 0 Å². The van der Waals surface area contributed by atoms with E-state index in [-0.39, 0.29) is 47.2 Å². The van der Waals surface area contributed by atoms with E-state index < -0.39 is 266 Å². The zero-order valence-corrected chi connectivity index (χ0v) is 61.3. The van der Waals surface area contributed by atoms with Crippen LogP contribution in [0, 0.1) is 52.3 Å². The molecule has 38 heteroatoms. The van der Waals surface area contributed by atoms with Crippen LogP contribution in [0.1, 0.15) is 98.8 Å². The van der Waals surface area contributed by atoms with Gasteiger partial charge >= 0.3 is 0 Å². The first-order valence-corrected chi connectivity index (χ1v) is 38.2. The molecule has 12 rings (SSSR count). The minimum atomic E-state index is -2.30. The van der Waals surface area contributed by atoms with E-state index in [9.17, 15) is 112 Å². The molecule has 12 aliphatic rings. The number of ether oxygens (including phenoxy) is 16. The van der Waals surface area contributed by atoms with E-state index in [1.165, 1.54) is 6.92 Å². The molecule has 22 N–H and O–H groups in total. The molecule has 8 heterocycles. The van der Waals surface area contributed by atoms with E-state index in [4.69, 9.17) is 75.8 Å². The van der Waals surface area contributed by atoms with Crippen molar-refractivity contribution in [1.82, 2.24) is 0 Å². The van der Waals surface area contributed by atoms with Crippen LogP contribution in [0.15, 0.2) is 0 Å². The van der Waals surface area contributed by atoms with Gasteiger partial charge in [-0.05, 0) is 111 Å². The van der Waals surface area contributed by atoms with Crippen LogP contribution < -0.4 is 0 Å². The summed E-state index contributed by atoms with van der Waals surface area (Å²) < 4.78 is 97.2. The fraction of sp³-hybridized carbons (Fsp3) is 1.00. The van der Waals surface area contributed by atoms with Crippen LogP contribution in [0.5, 0.6) is 0 Å². The third kappa shape index (κ3) is 16.0. The normalized spacial score (nSPS) is 55.1. The van der Waals surface area contributed by atoms with Gasteiger partial charge in [0, 0.05) is 19.4 Å². The van der Waals surface area contributed by atoms with Crippen molar-refractivity contribution >= 4 is 0 Å². The number of rotatable bonds is 25. The topological polar surface area (TPSA) is 593 Å². The highest BCUT2D eigenvalue weighted by atomic mass is 16.8. The van der Waals surface area contributed by atoms with Crippen molar-refractivity contribution in [2.75, 3.05) is 53.4 Å². The average molecular weight is 1570 g/mol. The van der Waals surface area contributed by atoms with Crippen molar-refractivity contribution in [3.63, 3.8) is 0 Å². The summed E-state index contributed by atoms with van der Waals surface area (Å²) in [5.41, 5.74) is -0.124. The summed E-state index contributed by atoms with van der Waals surface area (Å²) in [6, 6.07) is 0. The lowest BCUT2D eigenvalue weighted by Gasteiger charge is -2.61. The summed E-state index contributed by atoms with van der Waals surface area (Å²) in [5.74, 6) is 0.759. The Balaban J connectivity index is 0.721. The van der Waals surface area contributed by atoms with Crippen molar-refractivity contribution in [2.45, 2.75) is 332 Å². The highest BCUT2D eigenvalue weighted by Crippen LogP contribution is 2.71. The maximum Gasteiger partial charge on any atom is 0.187 e. The van der Waals surface area contributed by atoms with E-state index in [0.29, 0.717) is 43.4 Å². The molecule has 4 aliphatic carbocycles. The Kier molecular flexibility index (Phi) is 27.8. The van der Waals surface area contributed by atoms with Crippen molar-refractivity contribution in [2.24, 2.45) is 52.3 Å². The van der Waals surface area contributed by atoms with Crippen molar-refractivity contribution in [3.05, 3.63) is 0 Å². The third-order valence-electron chi connectivity index (χ3n) is 26.7. The zero-order valence-electron chi connectivity index (χ0n) is 61.3. The van der Waals surface area contributed by atoms with Gasteiger partial charge in [0.25, 0.3) is 0 Å². The summed E-state index contributed by atoms with van der Waals surface area (Å²) in [4.78, 5) is 0. The van der Waals surface area contributed by atoms with Gasteiger partial charge in [-0.25, -0.2) is 0 Å². The molecule has 4 saturated carbocycles. The second-order valence-corrected chi connectivity index (χ2v) is 32.8. The molecule has 0 bridgehead atoms. The van der Waals surface area contributed by atoms with Gasteiger partial charge in [-0.1, -0.05) is 27.7 Å². The molecular formula is C70H118O38. The molecule has 0 spiro atoms. The lowest BCUT2D eigenvalue weighted by atomic mass is 9.44. The molecule has 626 valence electrons. The summed E-state index contributed by atoms with van der Waals surface area (Å²) >= 11 is 0. The van der Waals surface area contributed by atoms with Gasteiger partial charge in [0.15, 0.2) is 49.8 Å². The number of fused-ring (bicyclic) bond motifs is 7. The highest BCUT2D eigenvalue weighted by Gasteiger charge is 2.70. The second kappa shape index (κ2) is 35.0. The van der Waals surface area contributed by atoms with Crippen molar-refractivity contribution in [3.8, 4) is 0 Å². The first-order chi connectivity index (χ1) is 51.3. The molecule has 8 aliphatic heterocycles. The van der Waals surface area contributed by atoms with Crippen LogP contribution in [0.4, 0.5) is 0 Å². The standard InChI is InChI=1S/C70H118O38/c1-24(23-94-61-50(87)46(83)41(78)33(17-71)97-61)9-14-70(93-6)25(2)39-32(108-70)16-31-29-8-7-27-15-28(10-12-68(27,4)30(29)11-13-69(31,39)5)96-63-53(90)48(85)57(38(22-76)101-63)104-67-60(107-66-55(92)58(43(80)35(19-73)99-66)105-64-52(89)47(84)42(79)34(18-72)98-64)59(44(81)36(20-74)100-67)106-65-54(91)49(86)56(37(21-75)102-65)103-62-51(88)45(82)40(77)26(3)95-62/h24-67,71-92H,7-23H2,1-6H3/t24-,25+,26+,27+,28+,29-,30+,31+,32+,33-,34-,35-,36-,37-,38-,39+,40+,41-,42-,43-,44-,45-,46+,47+,48-,49-,50-,51-,52-,53-,54-,55-,56-,57+,58+,59+,60-,61-,62+,63-,64+,65+,66+,67+,68+,69+,70?/m1/s1. The summed E-state index contributed by atoms with van der Waals surface area (Å²) in [6.07, 6.45) is -57.3. The molecule has 0 aromatic carbocycles. The van der Waals surface area contributed by atoms with E-state index in [0.717, 1.165) is 38.5 Å². The number of hydrogen-bond acceptors (Lipinski definition) is 38. The molecule has 0 amide bonds. The Morgan fingerprint density at radius 2 is 0.824 bits per heavy atom. The van der Waals surface area contributed by atoms with Crippen LogP contribution in [-0.2, 0) is 75.8 Å². The third-order valence-corrected chi connectivity index (χ3v) is 26.7. The molecule has 108 heavy (non-hydrogen) atoms. The smallest absolute Gasteiger partial charge is 0.187 e. The monoisotopic (exact) mass is 1570 g/mol. The first kappa shape index (κ1) is 85.8. The minimum Gasteiger partial charge on any atom is -0.394 e. The second-order valence-electron chi connectivity index (χ2n) is 32.8. The van der Waals surface area contributed by atoms with Crippen molar-refractivity contribution in [1.29, 1.82) is 0 Å². The Morgan fingerprint density at radius 1 is 0.389 bits per heavy atom. The Bertz CT molecular complexity index is 2840. The Hall–Kier alpha value is -1.52. The maximum atomic E-state index is 12.2. The predicted octanol–water partition coefficient (Wildman–Crippen LogP) is -8.80. The van der Waals surface area contributed by atoms with Gasteiger partial charge in [0.1, 0.15) is 165 Å². The largest absolute Gasteiger partial charge is 0.394 e. The van der Waals surface area contributed by atoms with Gasteiger partial charge in [-0.15, -0.1) is 0 Å². The number of hydrogen-bond donors (Lipinski definition) is 22. The maximum absolute atomic E-state index is 12.2. The van der Waals surface area contributed by atoms with Crippen LogP contribution >= 0.6 is 0 Å². The number of methoxy groups -OCH3 is 1. The molecule has 0 aromatic rings. The van der Waals surface area contributed by atoms with E-state index in [1.54, 1.807) is 7.11 Å². The van der Waals surface area contributed by atoms with Crippen LogP contribution in [-0.4, -0.2) is 399 Å². The van der Waals surface area contributed by atoms with Crippen molar-refractivity contribution < 1.29 is 188 Å². The van der Waals surface area contributed by atoms with E-state index in [2.05, 4.69) is 20.8 Å². The molecule has 0 radical (unpaired) electrons. The Morgan fingerprint density at radius 3 is 1.39 bits per heavy atom. The molecule has 12 fully saturated rings. The van der Waals surface area contributed by atoms with Gasteiger partial charge < -0.3 is 188 Å². The average Bonchev–Trinajstić information content (AvgIpc) is 1.52. The minimum absolute atomic E-state index is 0.0326. The van der Waals surface area contributed by atoms with Crippen LogP contribution in [0.3, 0.4) is 0 Å². The quantitative estimate of drug-likeness (QED) is 0.0378. The molecule has 0 aromatic heterocycles. The molecular weight excluding hydrogens is 1450 g/mol. The van der Waals surface area contributed by atoms with E-state index in [1.807, 2.05) is 6.92 Å². The SMILES string of the molecule is COC1(CC[C@@H](C)CO[C@@H]2O[C@H](CO)[C@@H](O)[C@H](O)[C@H]2O)O[C@H]2C[C@H]3[C@@H]4CC[C@H]5C[C@@H](O[C@@H]6O[C@H](CO)[C@H](O[C@@H]7O[C@H](CO)[C@@H](O)[C@H](O[C@@H]8O[C@H](CO)[C@@H](O[C@@H]9O[C@@H](C)[C@H](O)[C@@H](O)[C@H]9O)[C@H](O)[C@H]8O)[C@H]7O[C@@H]7O[C@H](CO)[C@@H](O)[C@H](O[C@@H]8O[C@H](CO)[C@@H](O)[C@H](O)[C@H]8O)[C@H]7O)[C@H](O)[C@H]6O)CC[C@]5(C)[C@H]4CC[C@]3(C)[C@H]2[C@@H]1C. The van der Waals surface area contributed by atoms with Gasteiger partial charge in [0.2, 0.25) is 0 Å².